The molecule has 2 rings (SSSR count). The Labute approximate surface area is 96.0 Å². The van der Waals surface area contributed by atoms with Crippen LogP contribution in [0.2, 0.25) is 0 Å². The predicted octanol–water partition coefficient (Wildman–Crippen LogP) is 1.43. The monoisotopic (exact) mass is 218 g/mol. The molecule has 1 atom stereocenters. The smallest absolute Gasteiger partial charge is 0.240 e. The molecular weight excluding hydrogens is 200 g/mol. The van der Waals surface area contributed by atoms with Crippen molar-refractivity contribution in [3.05, 3.63) is 35.9 Å². The number of rotatable bonds is 4. The van der Waals surface area contributed by atoms with Gasteiger partial charge in [0.25, 0.3) is 0 Å². The second kappa shape index (κ2) is 4.26. The number of hydrogen-bond acceptors (Lipinski definition) is 2. The van der Waals surface area contributed by atoms with Crippen LogP contribution in [0.4, 0.5) is 0 Å². The Bertz CT molecular complexity index is 369. The van der Waals surface area contributed by atoms with Crippen molar-refractivity contribution in [1.29, 1.82) is 0 Å². The van der Waals surface area contributed by atoms with Gasteiger partial charge in [-0.15, -0.1) is 0 Å². The highest BCUT2D eigenvalue weighted by Crippen LogP contribution is 2.38. The Morgan fingerprint density at radius 1 is 1.44 bits per heavy atom. The van der Waals surface area contributed by atoms with Gasteiger partial charge in [-0.05, 0) is 31.2 Å². The molecule has 3 heteroatoms. The van der Waals surface area contributed by atoms with Crippen molar-refractivity contribution in [3.63, 3.8) is 0 Å². The van der Waals surface area contributed by atoms with Gasteiger partial charge in [-0.25, -0.2) is 0 Å². The van der Waals surface area contributed by atoms with Crippen molar-refractivity contribution in [1.82, 2.24) is 5.32 Å². The summed E-state index contributed by atoms with van der Waals surface area (Å²) in [4.78, 5) is 11.9. The van der Waals surface area contributed by atoms with E-state index in [4.69, 9.17) is 5.73 Å². The minimum Gasteiger partial charge on any atom is -0.350 e. The summed E-state index contributed by atoms with van der Waals surface area (Å²) < 4.78 is 0. The average Bonchev–Trinajstić information content (AvgIpc) is 3.11. The van der Waals surface area contributed by atoms with E-state index in [9.17, 15) is 4.79 Å². The third-order valence-electron chi connectivity index (χ3n) is 3.21. The molecule has 0 aromatic heterocycles. The van der Waals surface area contributed by atoms with E-state index in [0.717, 1.165) is 18.4 Å². The number of nitrogens with one attached hydrogen (secondary N) is 1. The van der Waals surface area contributed by atoms with Crippen LogP contribution < -0.4 is 11.1 Å². The summed E-state index contributed by atoms with van der Waals surface area (Å²) in [6.07, 6.45) is 2.15. The maximum absolute atomic E-state index is 11.9. The van der Waals surface area contributed by atoms with Crippen LogP contribution >= 0.6 is 0 Å². The second-order valence-electron chi connectivity index (χ2n) is 4.73. The molecule has 1 aromatic carbocycles. The van der Waals surface area contributed by atoms with Crippen LogP contribution in [0.5, 0.6) is 0 Å². The Hall–Kier alpha value is -1.35. The minimum atomic E-state index is -0.700. The van der Waals surface area contributed by atoms with Gasteiger partial charge < -0.3 is 11.1 Å². The van der Waals surface area contributed by atoms with E-state index in [1.165, 1.54) is 0 Å². The minimum absolute atomic E-state index is 0.0427. The van der Waals surface area contributed by atoms with Crippen LogP contribution in [-0.2, 0) is 11.3 Å². The molecular formula is C13H18N2O. The molecule has 0 heterocycles. The van der Waals surface area contributed by atoms with E-state index in [2.05, 4.69) is 5.32 Å². The summed E-state index contributed by atoms with van der Waals surface area (Å²) in [6, 6.07) is 9.87. The summed E-state index contributed by atoms with van der Waals surface area (Å²) in [7, 11) is 0. The first kappa shape index (κ1) is 11.1. The summed E-state index contributed by atoms with van der Waals surface area (Å²) in [5, 5.41) is 2.90. The van der Waals surface area contributed by atoms with Crippen molar-refractivity contribution in [2.24, 2.45) is 11.7 Å². The molecule has 0 spiro atoms. The first-order valence-electron chi connectivity index (χ1n) is 5.72. The van der Waals surface area contributed by atoms with Gasteiger partial charge in [0.1, 0.15) is 0 Å². The van der Waals surface area contributed by atoms with Crippen LogP contribution in [0.25, 0.3) is 0 Å². The standard InChI is InChI=1S/C13H18N2O/c1-13(14,11-7-8-11)12(16)15-9-10-5-3-2-4-6-10/h2-6,11H,7-9,14H2,1H3,(H,15,16). The van der Waals surface area contributed by atoms with Gasteiger partial charge in [0.15, 0.2) is 0 Å². The molecule has 16 heavy (non-hydrogen) atoms. The first-order chi connectivity index (χ1) is 7.60. The topological polar surface area (TPSA) is 55.1 Å². The van der Waals surface area contributed by atoms with Crippen LogP contribution in [0.3, 0.4) is 0 Å². The molecule has 1 aromatic rings. The molecule has 86 valence electrons. The lowest BCUT2D eigenvalue weighted by atomic mass is 9.96. The molecule has 0 radical (unpaired) electrons. The molecule has 1 saturated carbocycles. The van der Waals surface area contributed by atoms with Gasteiger partial charge in [-0.2, -0.15) is 0 Å². The summed E-state index contributed by atoms with van der Waals surface area (Å²) in [5.74, 6) is 0.321. The van der Waals surface area contributed by atoms with Crippen LogP contribution in [0.15, 0.2) is 30.3 Å². The lowest BCUT2D eigenvalue weighted by Gasteiger charge is -2.23. The Morgan fingerprint density at radius 3 is 2.62 bits per heavy atom. The second-order valence-corrected chi connectivity index (χ2v) is 4.73. The third kappa shape index (κ3) is 2.42. The van der Waals surface area contributed by atoms with Crippen LogP contribution in [0.1, 0.15) is 25.3 Å². The molecule has 3 N–H and O–H groups in total. The molecule has 1 aliphatic rings. The van der Waals surface area contributed by atoms with Crippen molar-refractivity contribution in [2.75, 3.05) is 0 Å². The number of hydrogen-bond donors (Lipinski definition) is 2. The van der Waals surface area contributed by atoms with Crippen molar-refractivity contribution in [3.8, 4) is 0 Å². The van der Waals surface area contributed by atoms with Gasteiger partial charge in [0, 0.05) is 6.54 Å². The normalized spacial score (nSPS) is 18.9. The Balaban J connectivity index is 1.88. The molecule has 0 bridgehead atoms. The fourth-order valence-electron chi connectivity index (χ4n) is 1.84. The summed E-state index contributed by atoms with van der Waals surface area (Å²) >= 11 is 0. The molecule has 3 nitrogen and oxygen atoms in total. The number of benzene rings is 1. The largest absolute Gasteiger partial charge is 0.350 e. The highest BCUT2D eigenvalue weighted by atomic mass is 16.2. The van der Waals surface area contributed by atoms with Gasteiger partial charge in [0.2, 0.25) is 5.91 Å². The van der Waals surface area contributed by atoms with Crippen LogP contribution in [0, 0.1) is 5.92 Å². The summed E-state index contributed by atoms with van der Waals surface area (Å²) in [6.45, 7) is 2.38. The molecule has 0 saturated heterocycles. The van der Waals surface area contributed by atoms with E-state index in [-0.39, 0.29) is 5.91 Å². The average molecular weight is 218 g/mol. The van der Waals surface area contributed by atoms with Gasteiger partial charge in [-0.1, -0.05) is 30.3 Å². The zero-order valence-corrected chi connectivity index (χ0v) is 9.57. The SMILES string of the molecule is CC(N)(C(=O)NCc1ccccc1)C1CC1. The first-order valence-corrected chi connectivity index (χ1v) is 5.72. The maximum Gasteiger partial charge on any atom is 0.240 e. The van der Waals surface area contributed by atoms with E-state index < -0.39 is 5.54 Å². The lowest BCUT2D eigenvalue weighted by molar-refractivity contribution is -0.126. The van der Waals surface area contributed by atoms with Crippen LogP contribution in [-0.4, -0.2) is 11.4 Å². The Morgan fingerprint density at radius 2 is 2.06 bits per heavy atom. The molecule has 0 aliphatic heterocycles. The van der Waals surface area contributed by atoms with E-state index in [0.29, 0.717) is 12.5 Å². The van der Waals surface area contributed by atoms with E-state index in [1.54, 1.807) is 0 Å². The zero-order valence-electron chi connectivity index (χ0n) is 9.57. The van der Waals surface area contributed by atoms with Gasteiger partial charge >= 0.3 is 0 Å². The van der Waals surface area contributed by atoms with Gasteiger partial charge in [-0.3, -0.25) is 4.79 Å². The van der Waals surface area contributed by atoms with Crippen molar-refractivity contribution < 1.29 is 4.79 Å². The fourth-order valence-corrected chi connectivity index (χ4v) is 1.84. The maximum atomic E-state index is 11.9. The lowest BCUT2D eigenvalue weighted by Crippen LogP contribution is -2.53. The molecule has 1 unspecified atom stereocenters. The Kier molecular flexibility index (Phi) is 2.97. The van der Waals surface area contributed by atoms with Gasteiger partial charge in [0.05, 0.1) is 5.54 Å². The van der Waals surface area contributed by atoms with Crippen molar-refractivity contribution >= 4 is 5.91 Å². The number of amides is 1. The highest BCUT2D eigenvalue weighted by molar-refractivity contribution is 5.86. The zero-order chi connectivity index (χ0) is 11.6. The van der Waals surface area contributed by atoms with Crippen molar-refractivity contribution in [2.45, 2.75) is 31.8 Å². The van der Waals surface area contributed by atoms with E-state index >= 15 is 0 Å². The highest BCUT2D eigenvalue weighted by Gasteiger charge is 2.43. The fraction of sp³-hybridized carbons (Fsp3) is 0.462. The third-order valence-corrected chi connectivity index (χ3v) is 3.21. The number of carbonyl (C=O) groups is 1. The number of nitrogens with two attached hydrogens (primary N) is 1. The quantitative estimate of drug-likeness (QED) is 0.803. The summed E-state index contributed by atoms with van der Waals surface area (Å²) in [5.41, 5.74) is 6.42. The predicted molar refractivity (Wildman–Crippen MR) is 63.6 cm³/mol. The molecule has 1 aliphatic carbocycles. The molecule has 1 amide bonds. The number of carbonyl (C=O) groups excluding carboxylic acids is 1. The molecule has 1 fully saturated rings. The van der Waals surface area contributed by atoms with E-state index in [1.807, 2.05) is 37.3 Å².